The summed E-state index contributed by atoms with van der Waals surface area (Å²) in [5.41, 5.74) is 1.05. The van der Waals surface area contributed by atoms with Crippen LogP contribution in [0.3, 0.4) is 0 Å². The first-order valence-corrected chi connectivity index (χ1v) is 7.80. The van der Waals surface area contributed by atoms with Crippen molar-refractivity contribution in [3.05, 3.63) is 24.2 Å². The third-order valence-electron chi connectivity index (χ3n) is 3.06. The molecule has 1 fully saturated rings. The van der Waals surface area contributed by atoms with Gasteiger partial charge in [-0.15, -0.1) is 0 Å². The molecule has 3 rings (SSSR count). The molecule has 0 spiro atoms. The number of aryl methyl sites for hydroxylation is 1. The number of rotatable bonds is 6. The number of nitrogens with one attached hydrogen (secondary N) is 3. The van der Waals surface area contributed by atoms with Gasteiger partial charge in [-0.05, 0) is 12.8 Å². The van der Waals surface area contributed by atoms with E-state index in [4.69, 9.17) is 0 Å². The largest absolute Gasteiger partial charge is 0.310 e. The molecule has 0 radical (unpaired) electrons. The van der Waals surface area contributed by atoms with Crippen LogP contribution in [0.25, 0.3) is 0 Å². The molecule has 0 aliphatic heterocycles. The van der Waals surface area contributed by atoms with E-state index in [0.717, 1.165) is 12.8 Å². The predicted octanol–water partition coefficient (Wildman–Crippen LogP) is 0.196. The van der Waals surface area contributed by atoms with Crippen LogP contribution < -0.4 is 10.0 Å². The Labute approximate surface area is 116 Å². The fourth-order valence-electron chi connectivity index (χ4n) is 1.88. The van der Waals surface area contributed by atoms with Gasteiger partial charge >= 0.3 is 0 Å². The fourth-order valence-corrected chi connectivity index (χ4v) is 3.04. The van der Waals surface area contributed by atoms with Crippen molar-refractivity contribution in [1.82, 2.24) is 25.3 Å². The van der Waals surface area contributed by atoms with Gasteiger partial charge in [0.2, 0.25) is 0 Å². The summed E-state index contributed by atoms with van der Waals surface area (Å²) in [5.74, 6) is 0. The van der Waals surface area contributed by atoms with Crippen molar-refractivity contribution in [2.45, 2.75) is 30.5 Å². The average Bonchev–Trinajstić information content (AvgIpc) is 2.93. The maximum Gasteiger partial charge on any atom is 0.279 e. The molecule has 1 saturated carbocycles. The highest BCUT2D eigenvalue weighted by atomic mass is 32.2. The monoisotopic (exact) mass is 296 g/mol. The van der Waals surface area contributed by atoms with E-state index in [1.165, 1.54) is 17.1 Å². The van der Waals surface area contributed by atoms with Crippen molar-refractivity contribution in [2.24, 2.45) is 7.05 Å². The molecule has 0 saturated heterocycles. The number of hydrogen-bond donors (Lipinski definition) is 3. The average molecular weight is 296 g/mol. The van der Waals surface area contributed by atoms with Gasteiger partial charge in [0, 0.05) is 31.4 Å². The van der Waals surface area contributed by atoms with Crippen molar-refractivity contribution in [3.63, 3.8) is 0 Å². The molecule has 0 atom stereocenters. The van der Waals surface area contributed by atoms with Crippen LogP contribution in [0.15, 0.2) is 23.6 Å². The number of H-pyrrole nitrogens is 1. The van der Waals surface area contributed by atoms with Crippen LogP contribution >= 0.6 is 0 Å². The minimum absolute atomic E-state index is 0.0921. The van der Waals surface area contributed by atoms with Crippen molar-refractivity contribution in [3.8, 4) is 0 Å². The summed E-state index contributed by atoms with van der Waals surface area (Å²) < 4.78 is 28.6. The van der Waals surface area contributed by atoms with Gasteiger partial charge in [-0.3, -0.25) is 14.5 Å². The highest BCUT2D eigenvalue weighted by Gasteiger charge is 2.24. The zero-order valence-corrected chi connectivity index (χ0v) is 11.8. The minimum Gasteiger partial charge on any atom is -0.310 e. The number of nitrogens with zero attached hydrogens (tertiary/aromatic N) is 3. The third-order valence-corrected chi connectivity index (χ3v) is 4.46. The molecule has 2 aromatic rings. The summed E-state index contributed by atoms with van der Waals surface area (Å²) >= 11 is 0. The first-order valence-electron chi connectivity index (χ1n) is 6.32. The zero-order valence-electron chi connectivity index (χ0n) is 11.0. The van der Waals surface area contributed by atoms with Crippen LogP contribution in [0, 0.1) is 0 Å². The molecule has 2 heterocycles. The lowest BCUT2D eigenvalue weighted by molar-refractivity contribution is 0.593. The molecule has 20 heavy (non-hydrogen) atoms. The first-order chi connectivity index (χ1) is 9.54. The first kappa shape index (κ1) is 13.1. The van der Waals surface area contributed by atoms with E-state index in [9.17, 15) is 8.42 Å². The van der Waals surface area contributed by atoms with Gasteiger partial charge < -0.3 is 5.32 Å². The molecule has 3 N–H and O–H groups in total. The molecule has 0 aromatic carbocycles. The van der Waals surface area contributed by atoms with Gasteiger partial charge in [0.15, 0.2) is 5.03 Å². The molecule has 0 unspecified atom stereocenters. The van der Waals surface area contributed by atoms with E-state index in [2.05, 4.69) is 25.3 Å². The summed E-state index contributed by atoms with van der Waals surface area (Å²) in [4.78, 5) is 0. The lowest BCUT2D eigenvalue weighted by Crippen LogP contribution is -2.19. The van der Waals surface area contributed by atoms with Gasteiger partial charge in [-0.25, -0.2) is 0 Å². The number of aromatic nitrogens is 4. The maximum atomic E-state index is 12.3. The van der Waals surface area contributed by atoms with Gasteiger partial charge in [-0.1, -0.05) is 0 Å². The van der Waals surface area contributed by atoms with E-state index in [-0.39, 0.29) is 5.03 Å². The molecule has 8 nitrogen and oxygen atoms in total. The summed E-state index contributed by atoms with van der Waals surface area (Å²) in [7, 11) is -1.95. The SMILES string of the molecule is Cn1cc(NS(=O)(=O)c2[nH]ncc2CNC2CC2)cn1. The highest BCUT2D eigenvalue weighted by molar-refractivity contribution is 7.92. The van der Waals surface area contributed by atoms with E-state index < -0.39 is 10.0 Å². The quantitative estimate of drug-likeness (QED) is 0.706. The summed E-state index contributed by atoms with van der Waals surface area (Å²) in [5, 5.41) is 13.7. The smallest absolute Gasteiger partial charge is 0.279 e. The van der Waals surface area contributed by atoms with Crippen LogP contribution in [0.4, 0.5) is 5.69 Å². The van der Waals surface area contributed by atoms with Crippen molar-refractivity contribution >= 4 is 15.7 Å². The Morgan fingerprint density at radius 2 is 2.25 bits per heavy atom. The van der Waals surface area contributed by atoms with Gasteiger partial charge in [-0.2, -0.15) is 18.6 Å². The molecular formula is C11H16N6O2S. The van der Waals surface area contributed by atoms with E-state index in [1.54, 1.807) is 13.2 Å². The number of anilines is 1. The lowest BCUT2D eigenvalue weighted by Gasteiger charge is -2.06. The second kappa shape index (κ2) is 4.91. The number of hydrogen-bond acceptors (Lipinski definition) is 5. The Kier molecular flexibility index (Phi) is 3.22. The zero-order chi connectivity index (χ0) is 14.2. The standard InChI is InChI=1S/C11H16N6O2S/c1-17-7-10(6-14-17)16-20(18,19)11-8(5-13-15-11)4-12-9-2-3-9/h5-7,9,12,16H,2-4H2,1H3,(H,13,15). The van der Waals surface area contributed by atoms with Crippen LogP contribution in [-0.4, -0.2) is 34.4 Å². The molecule has 1 aliphatic carbocycles. The summed E-state index contributed by atoms with van der Waals surface area (Å²) in [6, 6.07) is 0.506. The molecule has 108 valence electrons. The Hall–Kier alpha value is -1.87. The molecular weight excluding hydrogens is 280 g/mol. The van der Waals surface area contributed by atoms with Crippen LogP contribution in [0.5, 0.6) is 0 Å². The van der Waals surface area contributed by atoms with Crippen LogP contribution in [0.2, 0.25) is 0 Å². The van der Waals surface area contributed by atoms with Gasteiger partial charge in [0.1, 0.15) is 0 Å². The van der Waals surface area contributed by atoms with Crippen LogP contribution in [-0.2, 0) is 23.6 Å². The lowest BCUT2D eigenvalue weighted by atomic mass is 10.3. The Morgan fingerprint density at radius 1 is 1.45 bits per heavy atom. The second-order valence-corrected chi connectivity index (χ2v) is 6.51. The molecule has 9 heteroatoms. The predicted molar refractivity (Wildman–Crippen MR) is 72.5 cm³/mol. The Morgan fingerprint density at radius 3 is 2.90 bits per heavy atom. The van der Waals surface area contributed by atoms with Gasteiger partial charge in [0.25, 0.3) is 10.0 Å². The minimum atomic E-state index is -3.68. The Bertz CT molecular complexity index is 700. The molecule has 0 bridgehead atoms. The van der Waals surface area contributed by atoms with Crippen molar-refractivity contribution < 1.29 is 8.42 Å². The molecule has 2 aromatic heterocycles. The Balaban J connectivity index is 1.77. The van der Waals surface area contributed by atoms with E-state index in [0.29, 0.717) is 23.8 Å². The summed E-state index contributed by atoms with van der Waals surface area (Å²) in [6.45, 7) is 0.491. The van der Waals surface area contributed by atoms with E-state index >= 15 is 0 Å². The van der Waals surface area contributed by atoms with Gasteiger partial charge in [0.05, 0.1) is 18.1 Å². The van der Waals surface area contributed by atoms with Crippen molar-refractivity contribution in [1.29, 1.82) is 0 Å². The highest BCUT2D eigenvalue weighted by Crippen LogP contribution is 2.21. The summed E-state index contributed by atoms with van der Waals surface area (Å²) in [6.07, 6.45) is 6.88. The van der Waals surface area contributed by atoms with Crippen molar-refractivity contribution in [2.75, 3.05) is 4.72 Å². The van der Waals surface area contributed by atoms with Crippen LogP contribution in [0.1, 0.15) is 18.4 Å². The molecule has 0 amide bonds. The normalized spacial score (nSPS) is 15.4. The van der Waals surface area contributed by atoms with E-state index in [1.807, 2.05) is 0 Å². The third kappa shape index (κ3) is 2.83. The molecule has 1 aliphatic rings. The maximum absolute atomic E-state index is 12.3. The second-order valence-electron chi connectivity index (χ2n) is 4.89. The fraction of sp³-hybridized carbons (Fsp3) is 0.455. The number of aromatic amines is 1. The topological polar surface area (TPSA) is 105 Å². The number of sulfonamides is 1.